The van der Waals surface area contributed by atoms with Gasteiger partial charge in [0.25, 0.3) is 0 Å². The fraction of sp³-hybridized carbons (Fsp3) is 0. The molecule has 0 spiro atoms. The van der Waals surface area contributed by atoms with E-state index in [1.165, 1.54) is 21.9 Å². The molecule has 0 aliphatic rings. The Morgan fingerprint density at radius 3 is 1.46 bits per heavy atom. The first-order chi connectivity index (χ1) is 18.2. The highest BCUT2D eigenvalue weighted by atomic mass is 19.1. The van der Waals surface area contributed by atoms with Gasteiger partial charge in [-0.15, -0.1) is 0 Å². The van der Waals surface area contributed by atoms with Crippen LogP contribution in [-0.2, 0) is 0 Å². The van der Waals surface area contributed by atoms with Crippen molar-refractivity contribution in [3.8, 4) is 33.7 Å². The third-order valence-electron chi connectivity index (χ3n) is 6.86. The number of hydrogen-bond donors (Lipinski definition) is 0. The highest BCUT2D eigenvalue weighted by Gasteiger charge is 2.18. The first-order valence-electron chi connectivity index (χ1n) is 12.0. The molecule has 37 heavy (non-hydrogen) atoms. The Morgan fingerprint density at radius 1 is 0.459 bits per heavy atom. The second kappa shape index (κ2) is 8.38. The van der Waals surface area contributed by atoms with Crippen LogP contribution in [-0.4, -0.2) is 4.98 Å². The third-order valence-corrected chi connectivity index (χ3v) is 6.86. The van der Waals surface area contributed by atoms with Gasteiger partial charge in [0.2, 0.25) is 5.89 Å². The zero-order valence-corrected chi connectivity index (χ0v) is 19.6. The molecule has 0 atom stereocenters. The molecule has 4 heteroatoms. The number of aromatic nitrogens is 1. The lowest BCUT2D eigenvalue weighted by Gasteiger charge is -2.17. The minimum Gasteiger partial charge on any atom is -0.433 e. The van der Waals surface area contributed by atoms with Gasteiger partial charge in [0.1, 0.15) is 5.52 Å². The molecule has 2 nitrogen and oxygen atoms in total. The molecule has 176 valence electrons. The summed E-state index contributed by atoms with van der Waals surface area (Å²) in [6.45, 7) is 0. The lowest BCUT2D eigenvalue weighted by atomic mass is 9.86. The van der Waals surface area contributed by atoms with E-state index in [-0.39, 0.29) is 17.0 Å². The molecule has 0 amide bonds. The predicted molar refractivity (Wildman–Crippen MR) is 145 cm³/mol. The van der Waals surface area contributed by atoms with Crippen LogP contribution in [0.4, 0.5) is 8.78 Å². The van der Waals surface area contributed by atoms with Crippen LogP contribution in [0.1, 0.15) is 0 Å². The first kappa shape index (κ1) is 21.5. The molecule has 1 aromatic heterocycles. The van der Waals surface area contributed by atoms with Gasteiger partial charge >= 0.3 is 0 Å². The summed E-state index contributed by atoms with van der Waals surface area (Å²) in [6.07, 6.45) is 0. The molecule has 0 N–H and O–H groups in total. The van der Waals surface area contributed by atoms with Crippen LogP contribution in [0.25, 0.3) is 66.4 Å². The van der Waals surface area contributed by atoms with Gasteiger partial charge in [-0.25, -0.2) is 13.8 Å². The van der Waals surface area contributed by atoms with Gasteiger partial charge in [0.05, 0.1) is 0 Å². The molecule has 0 saturated carbocycles. The Labute approximate surface area is 211 Å². The van der Waals surface area contributed by atoms with E-state index in [1.807, 2.05) is 30.3 Å². The monoisotopic (exact) mass is 483 g/mol. The number of oxazole rings is 1. The Hall–Kier alpha value is -4.83. The Bertz CT molecular complexity index is 1840. The summed E-state index contributed by atoms with van der Waals surface area (Å²) in [5, 5.41) is 4.66. The maximum atomic E-state index is 14.1. The number of halogens is 2. The van der Waals surface area contributed by atoms with E-state index in [2.05, 4.69) is 77.8 Å². The molecule has 0 aliphatic heterocycles. The van der Waals surface area contributed by atoms with E-state index in [9.17, 15) is 8.78 Å². The van der Waals surface area contributed by atoms with Crippen LogP contribution in [0, 0.1) is 11.6 Å². The van der Waals surface area contributed by atoms with Crippen molar-refractivity contribution >= 4 is 32.6 Å². The zero-order valence-electron chi connectivity index (χ0n) is 19.6. The fourth-order valence-corrected chi connectivity index (χ4v) is 5.20. The van der Waals surface area contributed by atoms with Crippen molar-refractivity contribution in [1.82, 2.24) is 4.98 Å². The molecule has 7 aromatic rings. The van der Waals surface area contributed by atoms with E-state index < -0.39 is 11.6 Å². The van der Waals surface area contributed by atoms with Crippen molar-refractivity contribution < 1.29 is 13.2 Å². The third kappa shape index (κ3) is 3.41. The number of fused-ring (bicyclic) bond motifs is 3. The topological polar surface area (TPSA) is 26.0 Å². The quantitative estimate of drug-likeness (QED) is 0.234. The Morgan fingerprint density at radius 2 is 0.919 bits per heavy atom. The summed E-state index contributed by atoms with van der Waals surface area (Å²) in [7, 11) is 0. The molecule has 7 rings (SSSR count). The van der Waals surface area contributed by atoms with Gasteiger partial charge in [-0.2, -0.15) is 0 Å². The maximum Gasteiger partial charge on any atom is 0.227 e. The highest BCUT2D eigenvalue weighted by molar-refractivity contribution is 6.21. The van der Waals surface area contributed by atoms with Crippen molar-refractivity contribution in [2.45, 2.75) is 0 Å². The number of hydrogen-bond acceptors (Lipinski definition) is 2. The van der Waals surface area contributed by atoms with E-state index in [0.29, 0.717) is 5.56 Å². The van der Waals surface area contributed by atoms with Gasteiger partial charge in [0.15, 0.2) is 17.2 Å². The summed E-state index contributed by atoms with van der Waals surface area (Å²) in [5.41, 5.74) is 4.92. The average molecular weight is 484 g/mol. The molecule has 0 saturated heterocycles. The summed E-state index contributed by atoms with van der Waals surface area (Å²) < 4.78 is 33.9. The minimum absolute atomic E-state index is 0.104. The fourth-order valence-electron chi connectivity index (χ4n) is 5.20. The zero-order chi connectivity index (χ0) is 24.9. The molecule has 0 fully saturated rings. The van der Waals surface area contributed by atoms with Gasteiger partial charge in [-0.1, -0.05) is 91.0 Å². The van der Waals surface area contributed by atoms with Crippen LogP contribution in [0.3, 0.4) is 0 Å². The van der Waals surface area contributed by atoms with Crippen molar-refractivity contribution in [3.63, 3.8) is 0 Å². The maximum absolute atomic E-state index is 14.1. The standard InChI is InChI=1S/C33H19F2NO/c34-27-18-19-28(35)32-31(27)36-33(37-32)22-16-14-21(15-17-22)30-25-12-6-4-10-23(25)29(20-8-2-1-3-9-20)24-11-5-7-13-26(24)30/h1-19H. The van der Waals surface area contributed by atoms with E-state index in [1.54, 1.807) is 0 Å². The van der Waals surface area contributed by atoms with Crippen LogP contribution in [0.2, 0.25) is 0 Å². The minimum atomic E-state index is -0.636. The summed E-state index contributed by atoms with van der Waals surface area (Å²) >= 11 is 0. The average Bonchev–Trinajstić information content (AvgIpc) is 3.41. The molecular formula is C33H19F2NO. The molecule has 0 radical (unpaired) electrons. The lowest BCUT2D eigenvalue weighted by Crippen LogP contribution is -1.90. The van der Waals surface area contributed by atoms with E-state index in [4.69, 9.17) is 4.42 Å². The SMILES string of the molecule is Fc1ccc(F)c2oc(-c3ccc(-c4c5ccccc5c(-c5ccccc5)c5ccccc45)cc3)nc12. The summed E-state index contributed by atoms with van der Waals surface area (Å²) in [4.78, 5) is 4.21. The summed E-state index contributed by atoms with van der Waals surface area (Å²) in [5.74, 6) is -1.07. The van der Waals surface area contributed by atoms with Crippen molar-refractivity contribution in [2.24, 2.45) is 0 Å². The van der Waals surface area contributed by atoms with Crippen LogP contribution in [0.5, 0.6) is 0 Å². The van der Waals surface area contributed by atoms with Gasteiger partial charge in [-0.05, 0) is 68.1 Å². The first-order valence-corrected chi connectivity index (χ1v) is 12.0. The van der Waals surface area contributed by atoms with Crippen molar-refractivity contribution in [1.29, 1.82) is 0 Å². The smallest absolute Gasteiger partial charge is 0.227 e. The molecule has 0 aliphatic carbocycles. The highest BCUT2D eigenvalue weighted by Crippen LogP contribution is 2.43. The number of nitrogens with zero attached hydrogens (tertiary/aromatic N) is 1. The molecular weight excluding hydrogens is 464 g/mol. The summed E-state index contributed by atoms with van der Waals surface area (Å²) in [6, 6.07) is 37.3. The second-order valence-corrected chi connectivity index (χ2v) is 9.01. The van der Waals surface area contributed by atoms with Gasteiger partial charge in [0, 0.05) is 5.56 Å². The normalized spacial score (nSPS) is 11.5. The van der Waals surface area contributed by atoms with Crippen molar-refractivity contribution in [3.05, 3.63) is 127 Å². The number of benzene rings is 6. The second-order valence-electron chi connectivity index (χ2n) is 9.01. The van der Waals surface area contributed by atoms with E-state index >= 15 is 0 Å². The predicted octanol–water partition coefficient (Wildman–Crippen LogP) is 9.41. The van der Waals surface area contributed by atoms with Crippen LogP contribution in [0.15, 0.2) is 120 Å². The van der Waals surface area contributed by atoms with Crippen molar-refractivity contribution in [2.75, 3.05) is 0 Å². The van der Waals surface area contributed by atoms with Gasteiger partial charge < -0.3 is 4.42 Å². The molecule has 6 aromatic carbocycles. The van der Waals surface area contributed by atoms with E-state index in [0.717, 1.165) is 34.0 Å². The van der Waals surface area contributed by atoms with Crippen LogP contribution >= 0.6 is 0 Å². The van der Waals surface area contributed by atoms with Crippen LogP contribution < -0.4 is 0 Å². The number of rotatable bonds is 3. The Kier molecular flexibility index (Phi) is 4.86. The molecule has 1 heterocycles. The largest absolute Gasteiger partial charge is 0.433 e. The molecule has 0 unspecified atom stereocenters. The van der Waals surface area contributed by atoms with Gasteiger partial charge in [-0.3, -0.25) is 0 Å². The molecule has 0 bridgehead atoms. The Balaban J connectivity index is 1.44. The lowest BCUT2D eigenvalue weighted by molar-refractivity contribution is 0.560.